The van der Waals surface area contributed by atoms with Crippen molar-refractivity contribution < 1.29 is 14.3 Å². The van der Waals surface area contributed by atoms with Crippen LogP contribution < -0.4 is 20.1 Å². The monoisotopic (exact) mass is 342 g/mol. The summed E-state index contributed by atoms with van der Waals surface area (Å²) in [6.45, 7) is 3.91. The standard InChI is InChI=1S/C20H26N2O3/c1-15-6-4-5-7-17(15)14-22-20(23)10-11-21-13-16-8-9-18(24-2)19(12-16)25-3/h4-9,12,21H,10-11,13-14H2,1-3H3,(H,22,23). The fraction of sp³-hybridized carbons (Fsp3) is 0.350. The van der Waals surface area contributed by atoms with Gasteiger partial charge in [-0.15, -0.1) is 0 Å². The van der Waals surface area contributed by atoms with Crippen LogP contribution in [-0.2, 0) is 17.9 Å². The molecule has 0 radical (unpaired) electrons. The number of amides is 1. The van der Waals surface area contributed by atoms with Gasteiger partial charge in [0.05, 0.1) is 14.2 Å². The topological polar surface area (TPSA) is 59.6 Å². The molecule has 2 aromatic carbocycles. The van der Waals surface area contributed by atoms with E-state index in [2.05, 4.69) is 10.6 Å². The highest BCUT2D eigenvalue weighted by Crippen LogP contribution is 2.27. The molecule has 2 aromatic rings. The number of methoxy groups -OCH3 is 2. The Morgan fingerprint density at radius 3 is 2.48 bits per heavy atom. The van der Waals surface area contributed by atoms with Gasteiger partial charge in [0, 0.05) is 26.1 Å². The average molecular weight is 342 g/mol. The zero-order valence-corrected chi connectivity index (χ0v) is 15.1. The summed E-state index contributed by atoms with van der Waals surface area (Å²) in [7, 11) is 3.24. The highest BCUT2D eigenvalue weighted by molar-refractivity contribution is 5.76. The quantitative estimate of drug-likeness (QED) is 0.688. The normalized spacial score (nSPS) is 10.4. The summed E-state index contributed by atoms with van der Waals surface area (Å²) < 4.78 is 10.5. The Morgan fingerprint density at radius 1 is 1.00 bits per heavy atom. The van der Waals surface area contributed by atoms with Gasteiger partial charge in [-0.3, -0.25) is 4.79 Å². The smallest absolute Gasteiger partial charge is 0.221 e. The van der Waals surface area contributed by atoms with Crippen LogP contribution in [0.2, 0.25) is 0 Å². The van der Waals surface area contributed by atoms with Gasteiger partial charge in [-0.25, -0.2) is 0 Å². The molecule has 0 fully saturated rings. The summed E-state index contributed by atoms with van der Waals surface area (Å²) >= 11 is 0. The zero-order chi connectivity index (χ0) is 18.1. The van der Waals surface area contributed by atoms with Crippen molar-refractivity contribution in [3.63, 3.8) is 0 Å². The van der Waals surface area contributed by atoms with Crippen molar-refractivity contribution in [2.45, 2.75) is 26.4 Å². The molecule has 0 aliphatic heterocycles. The van der Waals surface area contributed by atoms with E-state index >= 15 is 0 Å². The molecule has 0 saturated heterocycles. The molecule has 5 heteroatoms. The van der Waals surface area contributed by atoms with Crippen LogP contribution in [0.1, 0.15) is 23.1 Å². The molecule has 0 saturated carbocycles. The van der Waals surface area contributed by atoms with Crippen molar-refractivity contribution in [1.29, 1.82) is 0 Å². The minimum atomic E-state index is 0.0445. The van der Waals surface area contributed by atoms with E-state index in [0.717, 1.165) is 11.1 Å². The third-order valence-electron chi connectivity index (χ3n) is 4.04. The third kappa shape index (κ3) is 5.80. The van der Waals surface area contributed by atoms with E-state index < -0.39 is 0 Å². The molecule has 5 nitrogen and oxygen atoms in total. The van der Waals surface area contributed by atoms with Crippen LogP contribution in [0.5, 0.6) is 11.5 Å². The molecule has 0 aliphatic carbocycles. The second-order valence-electron chi connectivity index (χ2n) is 5.82. The molecule has 0 aromatic heterocycles. The second-order valence-corrected chi connectivity index (χ2v) is 5.82. The SMILES string of the molecule is COc1ccc(CNCCC(=O)NCc2ccccc2C)cc1OC. The van der Waals surface area contributed by atoms with E-state index in [1.807, 2.05) is 49.4 Å². The maximum atomic E-state index is 11.9. The van der Waals surface area contributed by atoms with Crippen molar-refractivity contribution in [2.75, 3.05) is 20.8 Å². The fourth-order valence-electron chi connectivity index (χ4n) is 2.52. The van der Waals surface area contributed by atoms with Gasteiger partial charge in [0.25, 0.3) is 0 Å². The second kappa shape index (κ2) is 9.69. The first kappa shape index (κ1) is 18.8. The molecule has 0 aliphatic rings. The first-order valence-electron chi connectivity index (χ1n) is 8.37. The molecule has 1 amide bonds. The van der Waals surface area contributed by atoms with Gasteiger partial charge in [-0.05, 0) is 35.7 Å². The summed E-state index contributed by atoms with van der Waals surface area (Å²) in [5.74, 6) is 1.46. The van der Waals surface area contributed by atoms with E-state index in [1.54, 1.807) is 14.2 Å². The summed E-state index contributed by atoms with van der Waals surface area (Å²) in [5.41, 5.74) is 3.42. The molecule has 2 N–H and O–H groups in total. The molecule has 25 heavy (non-hydrogen) atoms. The summed E-state index contributed by atoms with van der Waals surface area (Å²) in [6, 6.07) is 13.9. The van der Waals surface area contributed by atoms with Crippen LogP contribution >= 0.6 is 0 Å². The van der Waals surface area contributed by atoms with E-state index in [9.17, 15) is 4.79 Å². The predicted octanol–water partition coefficient (Wildman–Crippen LogP) is 2.81. The van der Waals surface area contributed by atoms with Crippen LogP contribution in [-0.4, -0.2) is 26.7 Å². The first-order valence-corrected chi connectivity index (χ1v) is 8.37. The van der Waals surface area contributed by atoms with E-state index in [0.29, 0.717) is 37.6 Å². The van der Waals surface area contributed by atoms with Crippen LogP contribution in [0.4, 0.5) is 0 Å². The largest absolute Gasteiger partial charge is 0.493 e. The fourth-order valence-corrected chi connectivity index (χ4v) is 2.52. The highest BCUT2D eigenvalue weighted by Gasteiger charge is 2.05. The van der Waals surface area contributed by atoms with Crippen molar-refractivity contribution >= 4 is 5.91 Å². The molecule has 0 atom stereocenters. The molecular weight excluding hydrogens is 316 g/mol. The molecule has 0 heterocycles. The van der Waals surface area contributed by atoms with Crippen molar-refractivity contribution in [3.8, 4) is 11.5 Å². The lowest BCUT2D eigenvalue weighted by molar-refractivity contribution is -0.121. The summed E-state index contributed by atoms with van der Waals surface area (Å²) in [6.07, 6.45) is 0.444. The Labute approximate surface area is 149 Å². The Morgan fingerprint density at radius 2 is 1.76 bits per heavy atom. The lowest BCUT2D eigenvalue weighted by atomic mass is 10.1. The number of nitrogens with one attached hydrogen (secondary N) is 2. The lowest BCUT2D eigenvalue weighted by Gasteiger charge is -2.11. The predicted molar refractivity (Wildman–Crippen MR) is 98.9 cm³/mol. The van der Waals surface area contributed by atoms with E-state index in [1.165, 1.54) is 5.56 Å². The average Bonchev–Trinajstić information content (AvgIpc) is 2.64. The molecular formula is C20H26N2O3. The van der Waals surface area contributed by atoms with Gasteiger partial charge in [-0.1, -0.05) is 30.3 Å². The number of ether oxygens (including phenoxy) is 2. The number of aryl methyl sites for hydroxylation is 1. The van der Waals surface area contributed by atoms with Crippen LogP contribution in [0.3, 0.4) is 0 Å². The maximum absolute atomic E-state index is 11.9. The van der Waals surface area contributed by atoms with Crippen LogP contribution in [0.25, 0.3) is 0 Å². The van der Waals surface area contributed by atoms with Gasteiger partial charge < -0.3 is 20.1 Å². The number of carbonyl (C=O) groups is 1. The van der Waals surface area contributed by atoms with Gasteiger partial charge >= 0.3 is 0 Å². The van der Waals surface area contributed by atoms with Gasteiger partial charge in [-0.2, -0.15) is 0 Å². The number of rotatable bonds is 9. The van der Waals surface area contributed by atoms with Gasteiger partial charge in [0.2, 0.25) is 5.91 Å². The van der Waals surface area contributed by atoms with Crippen LogP contribution in [0, 0.1) is 6.92 Å². The lowest BCUT2D eigenvalue weighted by Crippen LogP contribution is -2.27. The van der Waals surface area contributed by atoms with E-state index in [-0.39, 0.29) is 5.91 Å². The minimum absolute atomic E-state index is 0.0445. The Hall–Kier alpha value is -2.53. The Bertz CT molecular complexity index is 701. The summed E-state index contributed by atoms with van der Waals surface area (Å²) in [5, 5.41) is 6.23. The third-order valence-corrected chi connectivity index (χ3v) is 4.04. The first-order chi connectivity index (χ1) is 12.1. The number of hydrogen-bond acceptors (Lipinski definition) is 4. The van der Waals surface area contributed by atoms with Gasteiger partial charge in [0.1, 0.15) is 0 Å². The molecule has 2 rings (SSSR count). The van der Waals surface area contributed by atoms with Crippen molar-refractivity contribution in [3.05, 3.63) is 59.2 Å². The highest BCUT2D eigenvalue weighted by atomic mass is 16.5. The molecule has 0 spiro atoms. The minimum Gasteiger partial charge on any atom is -0.493 e. The molecule has 0 bridgehead atoms. The number of hydrogen-bond donors (Lipinski definition) is 2. The Balaban J connectivity index is 1.70. The van der Waals surface area contributed by atoms with Crippen molar-refractivity contribution in [2.24, 2.45) is 0 Å². The molecule has 0 unspecified atom stereocenters. The van der Waals surface area contributed by atoms with Crippen LogP contribution in [0.15, 0.2) is 42.5 Å². The summed E-state index contributed by atoms with van der Waals surface area (Å²) in [4.78, 5) is 11.9. The number of carbonyl (C=O) groups excluding carboxylic acids is 1. The van der Waals surface area contributed by atoms with E-state index in [4.69, 9.17) is 9.47 Å². The maximum Gasteiger partial charge on any atom is 0.221 e. The zero-order valence-electron chi connectivity index (χ0n) is 15.1. The Kier molecular flexibility index (Phi) is 7.29. The number of benzene rings is 2. The molecule has 134 valence electrons. The van der Waals surface area contributed by atoms with Crippen molar-refractivity contribution in [1.82, 2.24) is 10.6 Å². The van der Waals surface area contributed by atoms with Gasteiger partial charge in [0.15, 0.2) is 11.5 Å².